The van der Waals surface area contributed by atoms with Crippen LogP contribution in [0.4, 0.5) is 22.0 Å². The zero-order valence-electron chi connectivity index (χ0n) is 10.7. The minimum atomic E-state index is -4.87. The standard InChI is InChI=1S/C12H12F5NO2/c1-3-20-9(19)4-7-8(12(15,16)17)5-18-6(2)10(7)11(13)14/h5,11H,3-4H2,1-2H3. The van der Waals surface area contributed by atoms with Crippen molar-refractivity contribution in [1.29, 1.82) is 0 Å². The molecule has 0 aliphatic carbocycles. The van der Waals surface area contributed by atoms with E-state index in [4.69, 9.17) is 0 Å². The SMILES string of the molecule is CCOC(=O)Cc1c(C(F)(F)F)cnc(C)c1C(F)F. The smallest absolute Gasteiger partial charge is 0.418 e. The lowest BCUT2D eigenvalue weighted by molar-refractivity contribution is -0.143. The molecule has 8 heteroatoms. The average molecular weight is 297 g/mol. The highest BCUT2D eigenvalue weighted by Crippen LogP contribution is 2.37. The number of halogens is 5. The van der Waals surface area contributed by atoms with E-state index in [1.54, 1.807) is 0 Å². The third-order valence-electron chi connectivity index (χ3n) is 2.58. The quantitative estimate of drug-likeness (QED) is 0.631. The summed E-state index contributed by atoms with van der Waals surface area (Å²) in [6.07, 6.45) is -8.44. The fourth-order valence-corrected chi connectivity index (χ4v) is 1.75. The molecule has 1 heterocycles. The minimum absolute atomic E-state index is 0.0474. The Hall–Kier alpha value is -1.73. The Morgan fingerprint density at radius 1 is 1.40 bits per heavy atom. The van der Waals surface area contributed by atoms with Gasteiger partial charge >= 0.3 is 12.1 Å². The molecule has 0 N–H and O–H groups in total. The highest BCUT2D eigenvalue weighted by molar-refractivity contribution is 5.74. The van der Waals surface area contributed by atoms with Gasteiger partial charge in [-0.05, 0) is 19.4 Å². The number of esters is 1. The van der Waals surface area contributed by atoms with Gasteiger partial charge in [0, 0.05) is 17.5 Å². The van der Waals surface area contributed by atoms with Crippen LogP contribution < -0.4 is 0 Å². The summed E-state index contributed by atoms with van der Waals surface area (Å²) in [6.45, 7) is 2.58. The maximum atomic E-state index is 12.9. The molecule has 3 nitrogen and oxygen atoms in total. The molecule has 20 heavy (non-hydrogen) atoms. The van der Waals surface area contributed by atoms with E-state index >= 15 is 0 Å². The number of carbonyl (C=O) groups is 1. The molecular formula is C12H12F5NO2. The van der Waals surface area contributed by atoms with Gasteiger partial charge in [-0.15, -0.1) is 0 Å². The normalized spacial score (nSPS) is 11.8. The van der Waals surface area contributed by atoms with Gasteiger partial charge in [-0.2, -0.15) is 13.2 Å². The summed E-state index contributed by atoms with van der Waals surface area (Å²) in [5.41, 5.74) is -3.23. The van der Waals surface area contributed by atoms with Crippen LogP contribution in [0.3, 0.4) is 0 Å². The second kappa shape index (κ2) is 6.15. The molecule has 1 aromatic heterocycles. The second-order valence-corrected chi connectivity index (χ2v) is 3.93. The third kappa shape index (κ3) is 3.64. The van der Waals surface area contributed by atoms with Gasteiger partial charge in [-0.1, -0.05) is 0 Å². The molecule has 1 aromatic rings. The zero-order valence-corrected chi connectivity index (χ0v) is 10.7. The van der Waals surface area contributed by atoms with Gasteiger partial charge in [-0.3, -0.25) is 9.78 Å². The predicted molar refractivity (Wildman–Crippen MR) is 59.3 cm³/mol. The number of nitrogens with zero attached hydrogens (tertiary/aromatic N) is 1. The van der Waals surface area contributed by atoms with E-state index < -0.39 is 41.7 Å². The summed E-state index contributed by atoms with van der Waals surface area (Å²) in [5.74, 6) is -0.995. The van der Waals surface area contributed by atoms with Crippen molar-refractivity contribution in [3.8, 4) is 0 Å². The van der Waals surface area contributed by atoms with Crippen molar-refractivity contribution in [3.63, 3.8) is 0 Å². The van der Waals surface area contributed by atoms with Crippen molar-refractivity contribution in [3.05, 3.63) is 28.6 Å². The molecule has 0 atom stereocenters. The molecule has 0 aliphatic heterocycles. The summed E-state index contributed by atoms with van der Waals surface area (Å²) < 4.78 is 68.9. The van der Waals surface area contributed by atoms with E-state index in [0.717, 1.165) is 6.92 Å². The number of hydrogen-bond acceptors (Lipinski definition) is 3. The van der Waals surface area contributed by atoms with Crippen molar-refractivity contribution in [1.82, 2.24) is 4.98 Å². The lowest BCUT2D eigenvalue weighted by atomic mass is 9.98. The summed E-state index contributed by atoms with van der Waals surface area (Å²) in [6, 6.07) is 0. The largest absolute Gasteiger partial charge is 0.466 e. The van der Waals surface area contributed by atoms with Crippen LogP contribution in [0.1, 0.15) is 35.7 Å². The lowest BCUT2D eigenvalue weighted by Gasteiger charge is -2.17. The molecule has 0 saturated heterocycles. The number of alkyl halides is 5. The first kappa shape index (κ1) is 16.3. The molecule has 0 aliphatic rings. The van der Waals surface area contributed by atoms with E-state index in [-0.39, 0.29) is 12.3 Å². The Bertz CT molecular complexity index is 499. The first-order chi connectivity index (χ1) is 9.18. The summed E-state index contributed by atoms with van der Waals surface area (Å²) in [5, 5.41) is 0. The van der Waals surface area contributed by atoms with Crippen LogP contribution in [0.2, 0.25) is 0 Å². The maximum absolute atomic E-state index is 12.9. The number of pyridine rings is 1. The van der Waals surface area contributed by atoms with Crippen molar-refractivity contribution in [2.24, 2.45) is 0 Å². The monoisotopic (exact) mass is 297 g/mol. The predicted octanol–water partition coefficient (Wildman–Crippen LogP) is 3.45. The summed E-state index contributed by atoms with van der Waals surface area (Å²) >= 11 is 0. The Labute approximate surface area is 111 Å². The molecule has 0 amide bonds. The van der Waals surface area contributed by atoms with Crippen LogP contribution in [0.15, 0.2) is 6.20 Å². The van der Waals surface area contributed by atoms with Crippen LogP contribution in [-0.2, 0) is 22.1 Å². The van der Waals surface area contributed by atoms with E-state index in [1.165, 1.54) is 6.92 Å². The Balaban J connectivity index is 3.40. The number of rotatable bonds is 4. The highest BCUT2D eigenvalue weighted by atomic mass is 19.4. The maximum Gasteiger partial charge on any atom is 0.418 e. The Morgan fingerprint density at radius 3 is 2.45 bits per heavy atom. The molecule has 0 bridgehead atoms. The number of carbonyl (C=O) groups excluding carboxylic acids is 1. The third-order valence-corrected chi connectivity index (χ3v) is 2.58. The van der Waals surface area contributed by atoms with Crippen molar-refractivity contribution in [2.75, 3.05) is 6.61 Å². The number of hydrogen-bond donors (Lipinski definition) is 0. The number of aryl methyl sites for hydroxylation is 1. The van der Waals surface area contributed by atoms with Gasteiger partial charge in [0.05, 0.1) is 18.6 Å². The van der Waals surface area contributed by atoms with Crippen molar-refractivity contribution in [2.45, 2.75) is 32.9 Å². The fraction of sp³-hybridized carbons (Fsp3) is 0.500. The van der Waals surface area contributed by atoms with E-state index in [2.05, 4.69) is 9.72 Å². The van der Waals surface area contributed by atoms with Gasteiger partial charge < -0.3 is 4.74 Å². The highest BCUT2D eigenvalue weighted by Gasteiger charge is 2.37. The Morgan fingerprint density at radius 2 is 2.00 bits per heavy atom. The first-order valence-corrected chi connectivity index (χ1v) is 5.67. The molecule has 112 valence electrons. The van der Waals surface area contributed by atoms with Crippen LogP contribution in [0.5, 0.6) is 0 Å². The van der Waals surface area contributed by atoms with E-state index in [9.17, 15) is 26.7 Å². The molecule has 0 fully saturated rings. The van der Waals surface area contributed by atoms with Gasteiger partial charge in [0.1, 0.15) is 0 Å². The van der Waals surface area contributed by atoms with Crippen LogP contribution in [-0.4, -0.2) is 17.6 Å². The lowest BCUT2D eigenvalue weighted by Crippen LogP contribution is -2.18. The molecule has 0 radical (unpaired) electrons. The second-order valence-electron chi connectivity index (χ2n) is 3.93. The molecule has 1 rings (SSSR count). The van der Waals surface area contributed by atoms with Crippen LogP contribution in [0, 0.1) is 6.92 Å². The van der Waals surface area contributed by atoms with Crippen molar-refractivity contribution >= 4 is 5.97 Å². The summed E-state index contributed by atoms with van der Waals surface area (Å²) in [7, 11) is 0. The number of aromatic nitrogens is 1. The Kier molecular flexibility index (Phi) is 5.02. The minimum Gasteiger partial charge on any atom is -0.466 e. The van der Waals surface area contributed by atoms with Gasteiger partial charge in [0.15, 0.2) is 0 Å². The molecule has 0 saturated carbocycles. The molecular weight excluding hydrogens is 285 g/mol. The van der Waals surface area contributed by atoms with Crippen LogP contribution >= 0.6 is 0 Å². The van der Waals surface area contributed by atoms with Crippen LogP contribution in [0.25, 0.3) is 0 Å². The van der Waals surface area contributed by atoms with Crippen molar-refractivity contribution < 1.29 is 31.5 Å². The zero-order chi connectivity index (χ0) is 15.5. The topological polar surface area (TPSA) is 39.2 Å². The average Bonchev–Trinajstić information content (AvgIpc) is 2.26. The molecule has 0 spiro atoms. The number of ether oxygens (including phenoxy) is 1. The molecule has 0 unspecified atom stereocenters. The first-order valence-electron chi connectivity index (χ1n) is 5.67. The van der Waals surface area contributed by atoms with Gasteiger partial charge in [0.2, 0.25) is 0 Å². The summed E-state index contributed by atoms with van der Waals surface area (Å²) in [4.78, 5) is 14.7. The van der Waals surface area contributed by atoms with Gasteiger partial charge in [-0.25, -0.2) is 8.78 Å². The van der Waals surface area contributed by atoms with E-state index in [0.29, 0.717) is 6.20 Å². The van der Waals surface area contributed by atoms with Gasteiger partial charge in [0.25, 0.3) is 6.43 Å². The molecule has 0 aromatic carbocycles. The fourth-order valence-electron chi connectivity index (χ4n) is 1.75. The van der Waals surface area contributed by atoms with E-state index in [1.807, 2.05) is 0 Å².